The van der Waals surface area contributed by atoms with Gasteiger partial charge >= 0.3 is 0 Å². The van der Waals surface area contributed by atoms with Crippen LogP contribution in [0.25, 0.3) is 10.2 Å². The predicted octanol–water partition coefficient (Wildman–Crippen LogP) is 4.13. The largest absolute Gasteiger partial charge is 0.336 e. The number of nitrogens with zero attached hydrogens (tertiary/aromatic N) is 2. The Morgan fingerprint density at radius 1 is 1.32 bits per heavy atom. The fourth-order valence-corrected chi connectivity index (χ4v) is 3.49. The zero-order valence-electron chi connectivity index (χ0n) is 12.5. The van der Waals surface area contributed by atoms with Gasteiger partial charge in [-0.1, -0.05) is 12.1 Å². The Morgan fingerprint density at radius 3 is 2.86 bits per heavy atom. The molecule has 0 spiro atoms. The third-order valence-corrected chi connectivity index (χ3v) is 4.57. The number of rotatable bonds is 4. The maximum absolute atomic E-state index is 13.3. The van der Waals surface area contributed by atoms with E-state index in [1.807, 2.05) is 35.1 Å². The first-order chi connectivity index (χ1) is 10.6. The van der Waals surface area contributed by atoms with Crippen molar-refractivity contribution in [2.45, 2.75) is 20.0 Å². The number of amides is 1. The molecule has 114 valence electrons. The normalized spacial score (nSPS) is 11.0. The summed E-state index contributed by atoms with van der Waals surface area (Å²) in [6.45, 7) is 3.16. The van der Waals surface area contributed by atoms with E-state index in [2.05, 4.69) is 0 Å². The van der Waals surface area contributed by atoms with E-state index in [4.69, 9.17) is 0 Å². The van der Waals surface area contributed by atoms with Crippen LogP contribution in [-0.2, 0) is 13.1 Å². The van der Waals surface area contributed by atoms with E-state index in [-0.39, 0.29) is 11.7 Å². The number of hydrogen-bond acceptors (Lipinski definition) is 2. The van der Waals surface area contributed by atoms with Gasteiger partial charge in [-0.25, -0.2) is 4.39 Å². The smallest absolute Gasteiger partial charge is 0.270 e. The Labute approximate surface area is 132 Å². The second-order valence-electron chi connectivity index (χ2n) is 5.24. The minimum absolute atomic E-state index is 0.0467. The van der Waals surface area contributed by atoms with Gasteiger partial charge in [0.05, 0.1) is 10.2 Å². The molecule has 0 radical (unpaired) electrons. The van der Waals surface area contributed by atoms with E-state index in [1.165, 1.54) is 12.1 Å². The van der Waals surface area contributed by atoms with Gasteiger partial charge in [0.2, 0.25) is 0 Å². The van der Waals surface area contributed by atoms with Crippen LogP contribution in [0.1, 0.15) is 23.0 Å². The van der Waals surface area contributed by atoms with Gasteiger partial charge in [0.15, 0.2) is 0 Å². The van der Waals surface area contributed by atoms with Crippen LogP contribution < -0.4 is 0 Å². The summed E-state index contributed by atoms with van der Waals surface area (Å²) < 4.78 is 16.4. The van der Waals surface area contributed by atoms with Crippen LogP contribution in [0.2, 0.25) is 0 Å². The third-order valence-electron chi connectivity index (χ3n) is 3.71. The van der Waals surface area contributed by atoms with Crippen LogP contribution in [0.15, 0.2) is 41.8 Å². The highest BCUT2D eigenvalue weighted by Gasteiger charge is 2.19. The Morgan fingerprint density at radius 2 is 2.14 bits per heavy atom. The minimum Gasteiger partial charge on any atom is -0.336 e. The summed E-state index contributed by atoms with van der Waals surface area (Å²) >= 11 is 1.63. The zero-order chi connectivity index (χ0) is 15.7. The van der Waals surface area contributed by atoms with E-state index in [0.29, 0.717) is 12.2 Å². The topological polar surface area (TPSA) is 25.2 Å². The van der Waals surface area contributed by atoms with Crippen LogP contribution in [-0.4, -0.2) is 22.4 Å². The van der Waals surface area contributed by atoms with Crippen molar-refractivity contribution in [3.8, 4) is 0 Å². The molecule has 3 aromatic rings. The number of hydrogen-bond donors (Lipinski definition) is 0. The Hall–Kier alpha value is -2.14. The molecule has 0 atom stereocenters. The molecule has 5 heteroatoms. The van der Waals surface area contributed by atoms with Crippen LogP contribution in [0.5, 0.6) is 0 Å². The first-order valence-electron chi connectivity index (χ1n) is 7.16. The molecular formula is C17H17FN2OS. The number of carbonyl (C=O) groups is 1. The number of benzene rings is 1. The summed E-state index contributed by atoms with van der Waals surface area (Å²) in [5, 5.41) is 2.03. The summed E-state index contributed by atoms with van der Waals surface area (Å²) in [5.41, 5.74) is 2.56. The lowest BCUT2D eigenvalue weighted by atomic mass is 10.2. The molecule has 1 amide bonds. The molecule has 0 aliphatic heterocycles. The molecule has 3 nitrogen and oxygen atoms in total. The summed E-state index contributed by atoms with van der Waals surface area (Å²) in [6, 6.07) is 10.3. The molecule has 0 fully saturated rings. The summed E-state index contributed by atoms with van der Waals surface area (Å²) in [5.74, 6) is -0.328. The number of fused-ring (bicyclic) bond motifs is 1. The number of thiophene rings is 1. The van der Waals surface area contributed by atoms with Gasteiger partial charge in [0.1, 0.15) is 11.5 Å². The fraction of sp³-hybridized carbons (Fsp3) is 0.235. The molecule has 0 saturated carbocycles. The van der Waals surface area contributed by atoms with Gasteiger partial charge in [-0.3, -0.25) is 4.79 Å². The average molecular weight is 316 g/mol. The lowest BCUT2D eigenvalue weighted by Crippen LogP contribution is -2.28. The Balaban J connectivity index is 1.86. The van der Waals surface area contributed by atoms with Crippen molar-refractivity contribution in [2.75, 3.05) is 7.05 Å². The first kappa shape index (κ1) is 14.8. The molecule has 22 heavy (non-hydrogen) atoms. The van der Waals surface area contributed by atoms with Crippen molar-refractivity contribution in [3.63, 3.8) is 0 Å². The van der Waals surface area contributed by atoms with Crippen LogP contribution in [0, 0.1) is 5.82 Å². The molecular weight excluding hydrogens is 299 g/mol. The highest BCUT2D eigenvalue weighted by molar-refractivity contribution is 7.17. The number of halogens is 1. The summed E-state index contributed by atoms with van der Waals surface area (Å²) in [4.78, 5) is 14.3. The summed E-state index contributed by atoms with van der Waals surface area (Å²) in [6.07, 6.45) is 0. The standard InChI is InChI=1S/C17H17FN2OS/c1-3-20-14-7-8-22-16(14)10-15(20)17(21)19(2)11-12-5-4-6-13(18)9-12/h4-10H,3,11H2,1-2H3. The van der Waals surface area contributed by atoms with Gasteiger partial charge in [-0.15, -0.1) is 11.3 Å². The Kier molecular flexibility index (Phi) is 3.98. The number of aromatic nitrogens is 1. The van der Waals surface area contributed by atoms with Crippen molar-refractivity contribution in [2.24, 2.45) is 0 Å². The zero-order valence-corrected chi connectivity index (χ0v) is 13.4. The van der Waals surface area contributed by atoms with E-state index in [9.17, 15) is 9.18 Å². The molecule has 3 rings (SSSR count). The molecule has 0 aliphatic carbocycles. The van der Waals surface area contributed by atoms with E-state index < -0.39 is 0 Å². The maximum Gasteiger partial charge on any atom is 0.270 e. The third kappa shape index (κ3) is 2.64. The molecule has 2 heterocycles. The molecule has 0 saturated heterocycles. The minimum atomic E-state index is -0.282. The molecule has 0 bridgehead atoms. The second-order valence-corrected chi connectivity index (χ2v) is 6.18. The van der Waals surface area contributed by atoms with Gasteiger partial charge in [0.25, 0.3) is 5.91 Å². The van der Waals surface area contributed by atoms with E-state index >= 15 is 0 Å². The van der Waals surface area contributed by atoms with Gasteiger partial charge < -0.3 is 9.47 Å². The fourth-order valence-electron chi connectivity index (χ4n) is 2.67. The van der Waals surface area contributed by atoms with Gasteiger partial charge in [0, 0.05) is 20.1 Å². The SMILES string of the molecule is CCn1c(C(=O)N(C)Cc2cccc(F)c2)cc2sccc21. The maximum atomic E-state index is 13.3. The van der Waals surface area contributed by atoms with Gasteiger partial charge in [-0.05, 0) is 42.1 Å². The van der Waals surface area contributed by atoms with Crippen molar-refractivity contribution in [1.82, 2.24) is 9.47 Å². The molecule has 2 aromatic heterocycles. The molecule has 1 aromatic carbocycles. The lowest BCUT2D eigenvalue weighted by molar-refractivity contribution is 0.0775. The van der Waals surface area contributed by atoms with Crippen LogP contribution >= 0.6 is 11.3 Å². The van der Waals surface area contributed by atoms with Crippen molar-refractivity contribution in [3.05, 3.63) is 58.9 Å². The quantitative estimate of drug-likeness (QED) is 0.710. The van der Waals surface area contributed by atoms with Crippen molar-refractivity contribution in [1.29, 1.82) is 0 Å². The summed E-state index contributed by atoms with van der Waals surface area (Å²) in [7, 11) is 1.74. The molecule has 0 aliphatic rings. The highest BCUT2D eigenvalue weighted by Crippen LogP contribution is 2.26. The Bertz CT molecular complexity index is 821. The molecule has 0 N–H and O–H groups in total. The number of carbonyl (C=O) groups excluding carboxylic acids is 1. The lowest BCUT2D eigenvalue weighted by Gasteiger charge is -2.18. The van der Waals surface area contributed by atoms with E-state index in [1.54, 1.807) is 29.4 Å². The van der Waals surface area contributed by atoms with Gasteiger partial charge in [-0.2, -0.15) is 0 Å². The second kappa shape index (κ2) is 5.93. The van der Waals surface area contributed by atoms with Crippen LogP contribution in [0.4, 0.5) is 4.39 Å². The monoisotopic (exact) mass is 316 g/mol. The van der Waals surface area contributed by atoms with Crippen molar-refractivity contribution < 1.29 is 9.18 Å². The average Bonchev–Trinajstić information content (AvgIpc) is 3.06. The first-order valence-corrected chi connectivity index (χ1v) is 8.04. The van der Waals surface area contributed by atoms with E-state index in [0.717, 1.165) is 22.3 Å². The molecule has 0 unspecified atom stereocenters. The number of aryl methyl sites for hydroxylation is 1. The highest BCUT2D eigenvalue weighted by atomic mass is 32.1. The van der Waals surface area contributed by atoms with Crippen molar-refractivity contribution >= 4 is 27.5 Å². The predicted molar refractivity (Wildman–Crippen MR) is 87.7 cm³/mol. The van der Waals surface area contributed by atoms with Crippen LogP contribution in [0.3, 0.4) is 0 Å².